The Balaban J connectivity index is 1.28. The van der Waals surface area contributed by atoms with Crippen molar-refractivity contribution in [2.24, 2.45) is 0 Å². The predicted octanol–water partition coefficient (Wildman–Crippen LogP) is 16.2. The molecule has 0 fully saturated rings. The zero-order valence-electron chi connectivity index (χ0n) is 45.9. The molecule has 6 aromatic carbocycles. The highest BCUT2D eigenvalue weighted by Crippen LogP contribution is 2.56. The zero-order chi connectivity index (χ0) is 50.9. The molecule has 0 amide bonds. The van der Waals surface area contributed by atoms with Crippen molar-refractivity contribution in [3.63, 3.8) is 0 Å². The van der Waals surface area contributed by atoms with Crippen LogP contribution in [0.15, 0.2) is 121 Å². The summed E-state index contributed by atoms with van der Waals surface area (Å²) in [5, 5.41) is 0. The Bertz CT molecular complexity index is 3560. The fraction of sp³-hybridized carbons (Fsp3) is 0.344. The molecule has 0 bridgehead atoms. The molecule has 8 aromatic rings. The topological polar surface area (TPSA) is 21.9 Å². The molecule has 11 rings (SSSR count). The van der Waals surface area contributed by atoms with E-state index in [0.717, 1.165) is 101 Å². The third-order valence-corrected chi connectivity index (χ3v) is 15.1. The lowest BCUT2D eigenvalue weighted by molar-refractivity contribution is -0.997. The van der Waals surface area contributed by atoms with Gasteiger partial charge in [0.2, 0.25) is 5.69 Å². The number of imidazole rings is 1. The van der Waals surface area contributed by atoms with E-state index in [2.05, 4.69) is 197 Å². The molecule has 0 saturated heterocycles. The number of para-hydroxylation sites is 1. The Morgan fingerprint density at radius 2 is 1.25 bits per heavy atom. The van der Waals surface area contributed by atoms with E-state index in [-0.39, 0.29) is 16.7 Å². The second-order valence-corrected chi connectivity index (χ2v) is 22.9. The van der Waals surface area contributed by atoms with Gasteiger partial charge in [-0.05, 0) is 145 Å². The quantitative estimate of drug-likeness (QED) is 0.146. The van der Waals surface area contributed by atoms with E-state index in [4.69, 9.17) is 4.74 Å². The first kappa shape index (κ1) is 40.8. The molecule has 0 aliphatic carbocycles. The number of benzene rings is 6. The van der Waals surface area contributed by atoms with Crippen LogP contribution in [-0.4, -0.2) is 4.57 Å². The highest BCUT2D eigenvalue weighted by atomic mass is 16.5. The van der Waals surface area contributed by atoms with Gasteiger partial charge >= 0.3 is 11.7 Å². The molecule has 1 unspecified atom stereocenters. The number of nitrogens with zero attached hydrogens (tertiary/aromatic N) is 3. The summed E-state index contributed by atoms with van der Waals surface area (Å²) in [6.07, 6.45) is 2.23. The predicted molar refractivity (Wildman–Crippen MR) is 282 cm³/mol. The molecule has 1 atom stereocenters. The maximum atomic E-state index is 9.83. The maximum Gasteiger partial charge on any atom is 0.499 e. The van der Waals surface area contributed by atoms with Gasteiger partial charge in [0.15, 0.2) is 23.0 Å². The molecule has 4 heteroatoms. The van der Waals surface area contributed by atoms with E-state index in [1.807, 2.05) is 41.5 Å². The third-order valence-electron chi connectivity index (χ3n) is 15.1. The van der Waals surface area contributed by atoms with E-state index >= 15 is 0 Å². The lowest BCUT2D eigenvalue weighted by Gasteiger charge is -2.34. The van der Waals surface area contributed by atoms with E-state index in [9.17, 15) is 4.11 Å². The van der Waals surface area contributed by atoms with E-state index in [0.29, 0.717) is 5.75 Å². The van der Waals surface area contributed by atoms with Gasteiger partial charge in [0.1, 0.15) is 16.8 Å². The van der Waals surface area contributed by atoms with Crippen molar-refractivity contribution in [2.45, 2.75) is 144 Å². The molecule has 4 nitrogen and oxygen atoms in total. The standard InChI is InChI=1S/C64H69N3O/c1-36(2)44-31-50(39(7)8)60-53(32-44)61-66(54-27-24-43(30-40(54)9)57-47(37(3)4)18-16-19-48(57)38(5)6)55-21-17-20-49-51-34-46(63(13,14)15)35-52-56-33-42(41-22-25-45(26-23-41)62(10,11)12)28-29-65(56)64(68-60,58(51)52)67(61)59(49)55/h16-39H,1-15H3/q+2/i36D,37D,39D. The molecular weight excluding hydrogens is 827 g/mol. The molecule has 0 N–H and O–H groups in total. The average molecular weight is 899 g/mol. The third kappa shape index (κ3) is 6.31. The molecule has 0 saturated carbocycles. The number of pyridine rings is 1. The fourth-order valence-corrected chi connectivity index (χ4v) is 11.5. The average Bonchev–Trinajstić information content (AvgIpc) is 3.78. The lowest BCUT2D eigenvalue weighted by Crippen LogP contribution is -2.78. The van der Waals surface area contributed by atoms with Crippen molar-refractivity contribution in [1.29, 1.82) is 0 Å². The van der Waals surface area contributed by atoms with Crippen molar-refractivity contribution in [3.05, 3.63) is 166 Å². The number of hydrogen-bond donors (Lipinski definition) is 0. The summed E-state index contributed by atoms with van der Waals surface area (Å²) in [5.74, 6) is -2.20. The molecule has 0 radical (unpaired) electrons. The molecule has 3 aliphatic heterocycles. The van der Waals surface area contributed by atoms with Crippen molar-refractivity contribution < 1.29 is 18.0 Å². The SMILES string of the molecule is [2H]C(C)(C)c1cc2c(c(C([2H])(C)C)c1)OC13c4c(cc(C(C)(C)C)cc4-c4cc(-c5ccc(C(C)(C)C)cc5)cc[n+]41)-c1cccc4c1[n+]3c-2n4-c1ccc(-c2c(C(C)C)cccc2C([2H])(C)C)cc1C. The normalized spacial score (nSPS) is 16.8. The number of hydrogen-bond acceptors (Lipinski definition) is 1. The zero-order valence-corrected chi connectivity index (χ0v) is 42.9. The monoisotopic (exact) mass is 899 g/mol. The first-order valence-corrected chi connectivity index (χ1v) is 24.7. The van der Waals surface area contributed by atoms with Gasteiger partial charge in [-0.2, -0.15) is 4.57 Å². The van der Waals surface area contributed by atoms with Crippen LogP contribution in [0.25, 0.3) is 72.7 Å². The van der Waals surface area contributed by atoms with Gasteiger partial charge in [-0.3, -0.25) is 0 Å². The Morgan fingerprint density at radius 3 is 1.90 bits per heavy atom. The van der Waals surface area contributed by atoms with Crippen LogP contribution in [-0.2, 0) is 16.7 Å². The molecule has 68 heavy (non-hydrogen) atoms. The van der Waals surface area contributed by atoms with Gasteiger partial charge in [-0.25, -0.2) is 0 Å². The molecule has 1 spiro atoms. The summed E-state index contributed by atoms with van der Waals surface area (Å²) < 4.78 is 43.8. The highest BCUT2D eigenvalue weighted by molar-refractivity contribution is 5.98. The Labute approximate surface area is 409 Å². The Hall–Kier alpha value is -6.26. The van der Waals surface area contributed by atoms with Crippen LogP contribution in [0.5, 0.6) is 5.75 Å². The smallest absolute Gasteiger partial charge is 0.392 e. The van der Waals surface area contributed by atoms with Gasteiger partial charge in [0, 0.05) is 27.4 Å². The van der Waals surface area contributed by atoms with Crippen molar-refractivity contribution >= 4 is 11.0 Å². The fourth-order valence-electron chi connectivity index (χ4n) is 11.5. The first-order chi connectivity index (χ1) is 33.1. The van der Waals surface area contributed by atoms with Crippen LogP contribution < -0.4 is 13.9 Å². The summed E-state index contributed by atoms with van der Waals surface area (Å²) in [6, 6.07) is 42.6. The molecule has 3 aliphatic rings. The van der Waals surface area contributed by atoms with E-state index in [1.54, 1.807) is 0 Å². The molecular formula is C64H69N3O+2. The Morgan fingerprint density at radius 1 is 0.588 bits per heavy atom. The van der Waals surface area contributed by atoms with Gasteiger partial charge in [0.05, 0.1) is 5.56 Å². The summed E-state index contributed by atoms with van der Waals surface area (Å²) in [7, 11) is 0. The van der Waals surface area contributed by atoms with Crippen LogP contribution in [0, 0.1) is 6.92 Å². The van der Waals surface area contributed by atoms with Gasteiger partial charge in [-0.15, -0.1) is 9.13 Å². The van der Waals surface area contributed by atoms with Crippen LogP contribution in [0.1, 0.15) is 169 Å². The minimum atomic E-state index is -1.22. The molecule has 5 heterocycles. The largest absolute Gasteiger partial charge is 0.499 e. The van der Waals surface area contributed by atoms with Gasteiger partial charge in [0.25, 0.3) is 0 Å². The minimum Gasteiger partial charge on any atom is -0.392 e. The maximum absolute atomic E-state index is 9.83. The number of fused-ring (bicyclic) bond motifs is 5. The van der Waals surface area contributed by atoms with E-state index in [1.165, 1.54) is 16.7 Å². The lowest BCUT2D eigenvalue weighted by atomic mass is 9.80. The van der Waals surface area contributed by atoms with Gasteiger partial charge < -0.3 is 4.74 Å². The van der Waals surface area contributed by atoms with E-state index < -0.39 is 23.5 Å². The second kappa shape index (κ2) is 15.1. The number of ether oxygens (including phenoxy) is 1. The number of rotatable bonds is 7. The van der Waals surface area contributed by atoms with Crippen molar-refractivity contribution in [3.8, 4) is 67.5 Å². The number of aryl methyl sites for hydroxylation is 1. The minimum absolute atomic E-state index is 0.0410. The summed E-state index contributed by atoms with van der Waals surface area (Å²) in [5.41, 5.74) is 21.4. The van der Waals surface area contributed by atoms with Crippen molar-refractivity contribution in [1.82, 2.24) is 4.57 Å². The Kier molecular flexibility index (Phi) is 9.07. The second-order valence-electron chi connectivity index (χ2n) is 22.9. The van der Waals surface area contributed by atoms with Crippen LogP contribution in [0.2, 0.25) is 0 Å². The first-order valence-electron chi connectivity index (χ1n) is 26.2. The van der Waals surface area contributed by atoms with Crippen LogP contribution in [0.4, 0.5) is 0 Å². The highest BCUT2D eigenvalue weighted by Gasteiger charge is 2.69. The van der Waals surface area contributed by atoms with Gasteiger partial charge in [-0.1, -0.05) is 158 Å². The molecule has 2 aromatic heterocycles. The van der Waals surface area contributed by atoms with Crippen LogP contribution in [0.3, 0.4) is 0 Å². The van der Waals surface area contributed by atoms with Crippen molar-refractivity contribution in [2.75, 3.05) is 0 Å². The molecule has 344 valence electrons. The summed E-state index contributed by atoms with van der Waals surface area (Å²) in [6.45, 7) is 32.1. The summed E-state index contributed by atoms with van der Waals surface area (Å²) in [4.78, 5) is 0. The number of aromatic nitrogens is 3. The summed E-state index contributed by atoms with van der Waals surface area (Å²) >= 11 is 0. The van der Waals surface area contributed by atoms with Crippen LogP contribution >= 0.6 is 0 Å².